The molecule has 0 bridgehead atoms. The van der Waals surface area contributed by atoms with Crippen LogP contribution in [0.1, 0.15) is 30.9 Å². The van der Waals surface area contributed by atoms with Gasteiger partial charge in [-0.1, -0.05) is 6.07 Å². The molecule has 152 valence electrons. The van der Waals surface area contributed by atoms with Crippen LogP contribution in [0.15, 0.2) is 54.0 Å². The summed E-state index contributed by atoms with van der Waals surface area (Å²) in [5.74, 6) is 2.54. The molecule has 1 aliphatic heterocycles. The molecule has 0 saturated carbocycles. The molecule has 5 rings (SSSR count). The predicted octanol–water partition coefficient (Wildman–Crippen LogP) is 3.38. The summed E-state index contributed by atoms with van der Waals surface area (Å²) in [7, 11) is 3.19. The molecule has 1 N–H and O–H groups in total. The van der Waals surface area contributed by atoms with Crippen LogP contribution in [0.2, 0.25) is 0 Å². The Morgan fingerprint density at radius 3 is 2.77 bits per heavy atom. The lowest BCUT2D eigenvalue weighted by Gasteiger charge is -2.31. The van der Waals surface area contributed by atoms with Crippen LogP contribution in [0.3, 0.4) is 0 Å². The Balaban J connectivity index is 1.64. The summed E-state index contributed by atoms with van der Waals surface area (Å²) in [5.41, 5.74) is 3.39. The van der Waals surface area contributed by atoms with Gasteiger partial charge in [-0.05, 0) is 42.7 Å². The SMILES string of the molecule is COc1ccc(-c2nc3n(n2)[C@@H](c2cccnc2)C2=C(CCCC2=O)N3)cc1OC. The first-order valence-electron chi connectivity index (χ1n) is 9.81. The van der Waals surface area contributed by atoms with Gasteiger partial charge in [0, 0.05) is 35.6 Å². The van der Waals surface area contributed by atoms with Gasteiger partial charge in [0.15, 0.2) is 23.1 Å². The lowest BCUT2D eigenvalue weighted by Crippen LogP contribution is -2.31. The van der Waals surface area contributed by atoms with Gasteiger partial charge in [-0.3, -0.25) is 9.78 Å². The highest BCUT2D eigenvalue weighted by molar-refractivity contribution is 5.99. The molecular formula is C22H21N5O3. The van der Waals surface area contributed by atoms with E-state index in [4.69, 9.17) is 19.6 Å². The number of allylic oxidation sites excluding steroid dienone is 2. The van der Waals surface area contributed by atoms with Crippen molar-refractivity contribution in [3.8, 4) is 22.9 Å². The number of ketones is 1. The van der Waals surface area contributed by atoms with Crippen LogP contribution in [0, 0.1) is 0 Å². The normalized spacial score (nSPS) is 17.8. The van der Waals surface area contributed by atoms with Gasteiger partial charge in [0.05, 0.1) is 14.2 Å². The number of Topliss-reactive ketones (excluding diaryl/α,β-unsaturated/α-hetero) is 1. The average molecular weight is 403 g/mol. The van der Waals surface area contributed by atoms with E-state index in [1.807, 2.05) is 30.3 Å². The summed E-state index contributed by atoms with van der Waals surface area (Å²) in [6.45, 7) is 0. The maximum atomic E-state index is 12.8. The summed E-state index contributed by atoms with van der Waals surface area (Å²) in [5, 5.41) is 8.11. The minimum atomic E-state index is -0.348. The third-order valence-corrected chi connectivity index (χ3v) is 5.51. The van der Waals surface area contributed by atoms with Crippen LogP contribution >= 0.6 is 0 Å². The third-order valence-electron chi connectivity index (χ3n) is 5.51. The van der Waals surface area contributed by atoms with Gasteiger partial charge in [-0.25, -0.2) is 4.68 Å². The molecule has 0 fully saturated rings. The largest absolute Gasteiger partial charge is 0.493 e. The van der Waals surface area contributed by atoms with Gasteiger partial charge in [0.2, 0.25) is 5.95 Å². The maximum Gasteiger partial charge on any atom is 0.226 e. The lowest BCUT2D eigenvalue weighted by molar-refractivity contribution is -0.116. The molecule has 30 heavy (non-hydrogen) atoms. The second-order valence-electron chi connectivity index (χ2n) is 7.26. The number of methoxy groups -OCH3 is 2. The van der Waals surface area contributed by atoms with Crippen LogP contribution in [-0.4, -0.2) is 39.8 Å². The molecule has 0 saturated heterocycles. The van der Waals surface area contributed by atoms with E-state index >= 15 is 0 Å². The number of hydrogen-bond donors (Lipinski definition) is 1. The number of rotatable bonds is 4. The molecule has 0 unspecified atom stereocenters. The van der Waals surface area contributed by atoms with Crippen molar-refractivity contribution in [2.45, 2.75) is 25.3 Å². The van der Waals surface area contributed by atoms with E-state index in [1.54, 1.807) is 31.3 Å². The van der Waals surface area contributed by atoms with Crippen molar-refractivity contribution in [2.24, 2.45) is 0 Å². The van der Waals surface area contributed by atoms with Gasteiger partial charge in [0.25, 0.3) is 0 Å². The van der Waals surface area contributed by atoms with Crippen molar-refractivity contribution in [3.63, 3.8) is 0 Å². The van der Waals surface area contributed by atoms with Gasteiger partial charge in [-0.15, -0.1) is 5.10 Å². The summed E-state index contributed by atoms with van der Waals surface area (Å²) in [6.07, 6.45) is 5.70. The molecule has 0 spiro atoms. The first-order valence-corrected chi connectivity index (χ1v) is 9.81. The van der Waals surface area contributed by atoms with Crippen LogP contribution in [0.5, 0.6) is 11.5 Å². The van der Waals surface area contributed by atoms with Crippen LogP contribution in [-0.2, 0) is 4.79 Å². The number of anilines is 1. The molecule has 8 nitrogen and oxygen atoms in total. The zero-order valence-electron chi connectivity index (χ0n) is 16.8. The first-order chi connectivity index (χ1) is 14.7. The van der Waals surface area contributed by atoms with Crippen molar-refractivity contribution in [1.29, 1.82) is 0 Å². The maximum absolute atomic E-state index is 12.8. The smallest absolute Gasteiger partial charge is 0.226 e. The molecule has 1 aromatic carbocycles. The van der Waals surface area contributed by atoms with Crippen LogP contribution < -0.4 is 14.8 Å². The predicted molar refractivity (Wildman–Crippen MR) is 110 cm³/mol. The van der Waals surface area contributed by atoms with Crippen molar-refractivity contribution in [1.82, 2.24) is 19.7 Å². The molecule has 2 aromatic heterocycles. The van der Waals surface area contributed by atoms with Gasteiger partial charge in [0.1, 0.15) is 6.04 Å². The Morgan fingerprint density at radius 2 is 2.00 bits per heavy atom. The number of carbonyl (C=O) groups excluding carboxylic acids is 1. The fourth-order valence-corrected chi connectivity index (χ4v) is 4.10. The highest BCUT2D eigenvalue weighted by atomic mass is 16.5. The Labute approximate surface area is 173 Å². The monoisotopic (exact) mass is 403 g/mol. The Morgan fingerprint density at radius 1 is 1.13 bits per heavy atom. The van der Waals surface area contributed by atoms with E-state index in [9.17, 15) is 4.79 Å². The zero-order valence-corrected chi connectivity index (χ0v) is 16.8. The van der Waals surface area contributed by atoms with Gasteiger partial charge < -0.3 is 14.8 Å². The summed E-state index contributed by atoms with van der Waals surface area (Å²) in [4.78, 5) is 21.8. The number of ether oxygens (including phenoxy) is 2. The number of fused-ring (bicyclic) bond motifs is 1. The van der Waals surface area contributed by atoms with E-state index < -0.39 is 0 Å². The summed E-state index contributed by atoms with van der Waals surface area (Å²) >= 11 is 0. The molecule has 1 atom stereocenters. The third kappa shape index (κ3) is 2.92. The number of benzene rings is 1. The van der Waals surface area contributed by atoms with E-state index in [0.29, 0.717) is 29.7 Å². The standard InChI is InChI=1S/C22H21N5O3/c1-29-17-9-8-13(11-18(17)30-2)21-25-22-24-15-6-3-7-16(28)19(15)20(27(22)26-21)14-5-4-10-23-12-14/h4-5,8-12,20H,3,6-7H2,1-2H3,(H,24,25,26)/t20-/m0/s1. The number of pyridine rings is 1. The van der Waals surface area contributed by atoms with Crippen LogP contribution in [0.25, 0.3) is 11.4 Å². The summed E-state index contributed by atoms with van der Waals surface area (Å²) < 4.78 is 12.5. The van der Waals surface area contributed by atoms with Gasteiger partial charge >= 0.3 is 0 Å². The molecular weight excluding hydrogens is 382 g/mol. The second-order valence-corrected chi connectivity index (χ2v) is 7.26. The fraction of sp³-hybridized carbons (Fsp3) is 0.273. The van der Waals surface area contributed by atoms with Crippen molar-refractivity contribution in [3.05, 3.63) is 59.6 Å². The molecule has 3 aromatic rings. The molecule has 0 amide bonds. The highest BCUT2D eigenvalue weighted by Crippen LogP contribution is 2.41. The quantitative estimate of drug-likeness (QED) is 0.714. The molecule has 1 aliphatic carbocycles. The fourth-order valence-electron chi connectivity index (χ4n) is 4.10. The number of carbonyl (C=O) groups is 1. The first kappa shape index (κ1) is 18.4. The van der Waals surface area contributed by atoms with E-state index in [-0.39, 0.29) is 11.8 Å². The van der Waals surface area contributed by atoms with E-state index in [0.717, 1.165) is 35.2 Å². The number of hydrogen-bond acceptors (Lipinski definition) is 7. The van der Waals surface area contributed by atoms with E-state index in [1.165, 1.54) is 0 Å². The molecule has 8 heteroatoms. The highest BCUT2D eigenvalue weighted by Gasteiger charge is 2.37. The Hall–Kier alpha value is -3.68. The number of nitrogens with one attached hydrogen (secondary N) is 1. The molecule has 0 radical (unpaired) electrons. The van der Waals surface area contributed by atoms with Crippen LogP contribution in [0.4, 0.5) is 5.95 Å². The lowest BCUT2D eigenvalue weighted by atomic mass is 9.86. The second kappa shape index (κ2) is 7.29. The summed E-state index contributed by atoms with van der Waals surface area (Å²) in [6, 6.07) is 9.05. The molecule has 2 aliphatic rings. The zero-order chi connectivity index (χ0) is 20.7. The van der Waals surface area contributed by atoms with Crippen molar-refractivity contribution >= 4 is 11.7 Å². The minimum absolute atomic E-state index is 0.145. The average Bonchev–Trinajstić information content (AvgIpc) is 3.21. The Kier molecular flexibility index (Phi) is 4.46. The van der Waals surface area contributed by atoms with Crippen molar-refractivity contribution < 1.29 is 14.3 Å². The van der Waals surface area contributed by atoms with Crippen molar-refractivity contribution in [2.75, 3.05) is 19.5 Å². The topological polar surface area (TPSA) is 91.2 Å². The minimum Gasteiger partial charge on any atom is -0.493 e. The number of nitrogens with zero attached hydrogens (tertiary/aromatic N) is 4. The van der Waals surface area contributed by atoms with Gasteiger partial charge in [-0.2, -0.15) is 4.98 Å². The Bertz CT molecular complexity index is 1150. The molecule has 3 heterocycles. The number of aromatic nitrogens is 4. The van der Waals surface area contributed by atoms with E-state index in [2.05, 4.69) is 10.3 Å².